The average molecular weight is 437 g/mol. The number of nitrogens with one attached hydrogen (secondary N) is 1. The molecule has 2 heterocycles. The van der Waals surface area contributed by atoms with E-state index in [0.717, 1.165) is 59.3 Å². The molecule has 28 heavy (non-hydrogen) atoms. The van der Waals surface area contributed by atoms with Crippen molar-refractivity contribution in [2.45, 2.75) is 32.2 Å². The number of hydrogen-bond acceptors (Lipinski definition) is 3. The van der Waals surface area contributed by atoms with Crippen molar-refractivity contribution in [2.24, 2.45) is 5.10 Å². The van der Waals surface area contributed by atoms with Crippen LogP contribution in [0.15, 0.2) is 64.2 Å². The summed E-state index contributed by atoms with van der Waals surface area (Å²) < 4.78 is 3.13. The predicted octanol–water partition coefficient (Wildman–Crippen LogP) is 4.80. The van der Waals surface area contributed by atoms with Crippen LogP contribution in [0.3, 0.4) is 0 Å². The van der Waals surface area contributed by atoms with Gasteiger partial charge in [-0.25, -0.2) is 10.4 Å². The highest BCUT2D eigenvalue weighted by Gasteiger charge is 2.24. The third-order valence-corrected chi connectivity index (χ3v) is 5.61. The Bertz CT molecular complexity index is 1010. The Labute approximate surface area is 172 Å². The van der Waals surface area contributed by atoms with Crippen molar-refractivity contribution in [3.63, 3.8) is 0 Å². The third-order valence-electron chi connectivity index (χ3n) is 4.89. The van der Waals surface area contributed by atoms with Gasteiger partial charge in [0.1, 0.15) is 5.82 Å². The molecule has 0 unspecified atom stereocenters. The van der Waals surface area contributed by atoms with E-state index in [1.165, 1.54) is 0 Å². The van der Waals surface area contributed by atoms with Crippen LogP contribution in [0.2, 0.25) is 0 Å². The summed E-state index contributed by atoms with van der Waals surface area (Å²) in [4.78, 5) is 17.6. The lowest BCUT2D eigenvalue weighted by Crippen LogP contribution is -2.20. The number of hydrazone groups is 1. The van der Waals surface area contributed by atoms with Gasteiger partial charge in [0.15, 0.2) is 5.69 Å². The number of rotatable bonds is 4. The first-order chi connectivity index (χ1) is 13.7. The van der Waals surface area contributed by atoms with Crippen molar-refractivity contribution in [1.82, 2.24) is 15.0 Å². The Balaban J connectivity index is 1.63. The van der Waals surface area contributed by atoms with Crippen molar-refractivity contribution < 1.29 is 4.79 Å². The predicted molar refractivity (Wildman–Crippen MR) is 114 cm³/mol. The van der Waals surface area contributed by atoms with E-state index in [2.05, 4.69) is 31.0 Å². The monoisotopic (exact) mass is 436 g/mol. The van der Waals surface area contributed by atoms with Crippen molar-refractivity contribution >= 4 is 28.1 Å². The molecule has 142 valence electrons. The van der Waals surface area contributed by atoms with Crippen molar-refractivity contribution in [3.05, 3.63) is 76.0 Å². The zero-order chi connectivity index (χ0) is 19.3. The molecule has 0 saturated carbocycles. The summed E-state index contributed by atoms with van der Waals surface area (Å²) in [5.74, 6) is 0.591. The highest BCUT2D eigenvalue weighted by atomic mass is 79.9. The molecule has 1 N–H and O–H groups in total. The van der Waals surface area contributed by atoms with Crippen LogP contribution in [0.25, 0.3) is 11.4 Å². The zero-order valence-corrected chi connectivity index (χ0v) is 17.0. The highest BCUT2D eigenvalue weighted by Crippen LogP contribution is 2.27. The molecule has 1 amide bonds. The molecule has 0 saturated heterocycles. The van der Waals surface area contributed by atoms with Gasteiger partial charge in [0.25, 0.3) is 5.91 Å². The molecular weight excluding hydrogens is 416 g/mol. The van der Waals surface area contributed by atoms with E-state index in [0.29, 0.717) is 5.69 Å². The molecule has 0 bridgehead atoms. The summed E-state index contributed by atoms with van der Waals surface area (Å²) in [6.07, 6.45) is 5.83. The fourth-order valence-electron chi connectivity index (χ4n) is 3.50. The normalized spacial score (nSPS) is 13.9. The van der Waals surface area contributed by atoms with Crippen LogP contribution >= 0.6 is 15.9 Å². The Morgan fingerprint density at radius 1 is 1.07 bits per heavy atom. The van der Waals surface area contributed by atoms with Crippen LogP contribution in [0, 0.1) is 0 Å². The number of hydrogen-bond donors (Lipinski definition) is 1. The lowest BCUT2D eigenvalue weighted by atomic mass is 10.1. The van der Waals surface area contributed by atoms with Crippen LogP contribution in [0.4, 0.5) is 0 Å². The van der Waals surface area contributed by atoms with E-state index in [-0.39, 0.29) is 5.91 Å². The van der Waals surface area contributed by atoms with Gasteiger partial charge in [-0.05, 0) is 25.3 Å². The second kappa shape index (κ2) is 8.52. The molecule has 4 rings (SSSR count). The minimum absolute atomic E-state index is 0.267. The van der Waals surface area contributed by atoms with Crippen LogP contribution in [-0.4, -0.2) is 21.7 Å². The molecule has 1 aliphatic heterocycles. The summed E-state index contributed by atoms with van der Waals surface area (Å²) >= 11 is 3.48. The second-order valence-corrected chi connectivity index (χ2v) is 7.63. The van der Waals surface area contributed by atoms with E-state index in [4.69, 9.17) is 4.98 Å². The maximum Gasteiger partial charge on any atom is 0.291 e. The Kier molecular flexibility index (Phi) is 5.67. The molecule has 0 atom stereocenters. The summed E-state index contributed by atoms with van der Waals surface area (Å²) in [7, 11) is 0. The number of halogens is 1. The number of carbonyl (C=O) groups excluding carboxylic acids is 1. The third kappa shape index (κ3) is 3.92. The van der Waals surface area contributed by atoms with E-state index >= 15 is 0 Å². The number of imidazole rings is 1. The first-order valence-corrected chi connectivity index (χ1v) is 10.3. The van der Waals surface area contributed by atoms with E-state index in [1.54, 1.807) is 6.21 Å². The SMILES string of the molecule is O=C(N/N=C/c1ccccc1Br)c1nc(-c2ccccc2)n2c1CCCCC2. The largest absolute Gasteiger partial charge is 0.327 e. The first kappa shape index (κ1) is 18.6. The summed E-state index contributed by atoms with van der Waals surface area (Å²) in [5.41, 5.74) is 6.05. The van der Waals surface area contributed by atoms with Crippen LogP contribution in [0.5, 0.6) is 0 Å². The quantitative estimate of drug-likeness (QED) is 0.471. The van der Waals surface area contributed by atoms with Gasteiger partial charge in [0.05, 0.1) is 11.9 Å². The van der Waals surface area contributed by atoms with Gasteiger partial charge < -0.3 is 4.57 Å². The first-order valence-electron chi connectivity index (χ1n) is 9.47. The Morgan fingerprint density at radius 2 is 1.86 bits per heavy atom. The minimum Gasteiger partial charge on any atom is -0.327 e. The average Bonchev–Trinajstić information content (AvgIpc) is 2.91. The van der Waals surface area contributed by atoms with Crippen LogP contribution in [-0.2, 0) is 13.0 Å². The number of nitrogens with zero attached hydrogens (tertiary/aromatic N) is 3. The van der Waals surface area contributed by atoms with Crippen LogP contribution in [0.1, 0.15) is 41.0 Å². The van der Waals surface area contributed by atoms with Gasteiger partial charge in [0, 0.05) is 22.1 Å². The lowest BCUT2D eigenvalue weighted by molar-refractivity contribution is 0.0949. The maximum absolute atomic E-state index is 12.8. The topological polar surface area (TPSA) is 59.3 Å². The molecule has 1 aromatic heterocycles. The summed E-state index contributed by atoms with van der Waals surface area (Å²) in [6, 6.07) is 17.8. The number of fused-ring (bicyclic) bond motifs is 1. The fraction of sp³-hybridized carbons (Fsp3) is 0.227. The van der Waals surface area contributed by atoms with Crippen LogP contribution < -0.4 is 5.43 Å². The molecular formula is C22H21BrN4O. The molecule has 2 aromatic carbocycles. The van der Waals surface area contributed by atoms with Crippen molar-refractivity contribution in [2.75, 3.05) is 0 Å². The molecule has 0 radical (unpaired) electrons. The Hall–Kier alpha value is -2.73. The smallest absolute Gasteiger partial charge is 0.291 e. The molecule has 0 fully saturated rings. The van der Waals surface area contributed by atoms with Gasteiger partial charge in [-0.2, -0.15) is 5.10 Å². The van der Waals surface area contributed by atoms with E-state index in [9.17, 15) is 4.79 Å². The Morgan fingerprint density at radius 3 is 2.68 bits per heavy atom. The van der Waals surface area contributed by atoms with Gasteiger partial charge in [-0.3, -0.25) is 4.79 Å². The number of benzene rings is 2. The summed E-state index contributed by atoms with van der Waals surface area (Å²) in [6.45, 7) is 0.889. The fourth-order valence-corrected chi connectivity index (χ4v) is 3.89. The van der Waals surface area contributed by atoms with Crippen molar-refractivity contribution in [3.8, 4) is 11.4 Å². The summed E-state index contributed by atoms with van der Waals surface area (Å²) in [5, 5.41) is 4.13. The minimum atomic E-state index is -0.267. The van der Waals surface area contributed by atoms with Crippen molar-refractivity contribution in [1.29, 1.82) is 0 Å². The number of amides is 1. The maximum atomic E-state index is 12.8. The molecule has 3 aromatic rings. The highest BCUT2D eigenvalue weighted by molar-refractivity contribution is 9.10. The lowest BCUT2D eigenvalue weighted by Gasteiger charge is -2.08. The van der Waals surface area contributed by atoms with Gasteiger partial charge in [0.2, 0.25) is 0 Å². The standard InChI is InChI=1S/C22H21BrN4O/c23-18-12-7-6-11-17(18)15-24-26-22(28)20-19-13-5-2-8-14-27(19)21(25-20)16-9-3-1-4-10-16/h1,3-4,6-7,9-12,15H,2,5,8,13-14H2,(H,26,28)/b24-15+. The molecule has 6 heteroatoms. The number of carbonyl (C=O) groups is 1. The van der Waals surface area contributed by atoms with E-state index < -0.39 is 0 Å². The van der Waals surface area contributed by atoms with Gasteiger partial charge >= 0.3 is 0 Å². The second-order valence-electron chi connectivity index (χ2n) is 6.78. The molecule has 1 aliphatic rings. The van der Waals surface area contributed by atoms with E-state index in [1.807, 2.05) is 54.6 Å². The molecule has 5 nitrogen and oxygen atoms in total. The van der Waals surface area contributed by atoms with Gasteiger partial charge in [-0.1, -0.05) is 70.9 Å². The zero-order valence-electron chi connectivity index (χ0n) is 15.4. The number of aromatic nitrogens is 2. The molecule has 0 spiro atoms. The van der Waals surface area contributed by atoms with Gasteiger partial charge in [-0.15, -0.1) is 0 Å². The molecule has 0 aliphatic carbocycles.